The van der Waals surface area contributed by atoms with Crippen molar-refractivity contribution in [3.05, 3.63) is 0 Å². The minimum absolute atomic E-state index is 0.124. The first-order chi connectivity index (χ1) is 17.9. The van der Waals surface area contributed by atoms with E-state index in [9.17, 15) is 25.2 Å². The number of unbranched alkanes of at least 4 members (excludes halogenated alkanes) is 14. The molecule has 1 aliphatic heterocycles. The number of hydrogen-bond donors (Lipinski definition) is 4. The van der Waals surface area contributed by atoms with E-state index in [1.165, 1.54) is 90.4 Å². The molecule has 1 fully saturated rings. The molecule has 1 saturated heterocycles. The van der Waals surface area contributed by atoms with Gasteiger partial charge in [0.1, 0.15) is 30.5 Å². The maximum absolute atomic E-state index is 11.4. The quantitative estimate of drug-likeness (QED) is 0.114. The largest absolute Gasteiger partial charge is 0.458 e. The van der Waals surface area contributed by atoms with Crippen LogP contribution in [0.5, 0.6) is 0 Å². The Morgan fingerprint density at radius 3 is 1.76 bits per heavy atom. The Morgan fingerprint density at radius 2 is 1.27 bits per heavy atom. The number of aliphatic hydroxyl groups excluding tert-OH is 4. The van der Waals surface area contributed by atoms with Crippen LogP contribution in [-0.2, 0) is 23.7 Å². The lowest BCUT2D eigenvalue weighted by Crippen LogP contribution is -2.59. The maximum atomic E-state index is 11.4. The molecule has 0 amide bonds. The molecule has 1 rings (SSSR count). The average Bonchev–Trinajstić information content (AvgIpc) is 2.88. The molecule has 9 heteroatoms. The van der Waals surface area contributed by atoms with Crippen LogP contribution in [0, 0.1) is 0 Å². The predicted octanol–water partition coefficient (Wildman–Crippen LogP) is 3.62. The van der Waals surface area contributed by atoms with E-state index in [0.29, 0.717) is 6.61 Å². The van der Waals surface area contributed by atoms with Crippen molar-refractivity contribution in [2.24, 2.45) is 0 Å². The fourth-order valence-corrected chi connectivity index (χ4v) is 4.55. The standard InChI is InChI=1S/C28H54O9/c1-3-4-5-6-7-8-9-10-11-12-13-14-15-16-17-18-34-20-23(36-22(2)30)21-35-28-27(33)26(32)25(31)24(19-29)37-28/h23-29,31-33H,3-21H2,1-2H3. The molecule has 0 aliphatic carbocycles. The van der Waals surface area contributed by atoms with Gasteiger partial charge < -0.3 is 39.4 Å². The van der Waals surface area contributed by atoms with Crippen molar-refractivity contribution in [2.75, 3.05) is 26.4 Å². The van der Waals surface area contributed by atoms with Crippen LogP contribution in [0.3, 0.4) is 0 Å². The van der Waals surface area contributed by atoms with Crippen LogP contribution in [0.2, 0.25) is 0 Å². The molecule has 1 aliphatic rings. The lowest BCUT2D eigenvalue weighted by Gasteiger charge is -2.39. The second-order valence-electron chi connectivity index (χ2n) is 10.3. The first-order valence-electron chi connectivity index (χ1n) is 14.6. The topological polar surface area (TPSA) is 135 Å². The summed E-state index contributed by atoms with van der Waals surface area (Å²) in [6, 6.07) is 0. The third-order valence-electron chi connectivity index (χ3n) is 6.82. The second-order valence-corrected chi connectivity index (χ2v) is 10.3. The van der Waals surface area contributed by atoms with Crippen LogP contribution in [0.4, 0.5) is 0 Å². The predicted molar refractivity (Wildman–Crippen MR) is 141 cm³/mol. The number of rotatable bonds is 23. The summed E-state index contributed by atoms with van der Waals surface area (Å²) < 4.78 is 21.7. The smallest absolute Gasteiger partial charge is 0.303 e. The third-order valence-corrected chi connectivity index (χ3v) is 6.82. The first-order valence-corrected chi connectivity index (χ1v) is 14.6. The Labute approximate surface area is 223 Å². The normalized spacial score (nSPS) is 24.8. The molecule has 4 N–H and O–H groups in total. The lowest BCUT2D eigenvalue weighted by molar-refractivity contribution is -0.305. The molecule has 1 heterocycles. The van der Waals surface area contributed by atoms with Crippen LogP contribution in [0.1, 0.15) is 110 Å². The van der Waals surface area contributed by atoms with Crippen LogP contribution in [0.15, 0.2) is 0 Å². The van der Waals surface area contributed by atoms with E-state index >= 15 is 0 Å². The SMILES string of the molecule is CCCCCCCCCCCCCCCCCOCC(COC1OC(CO)C(O)C(O)C1O)OC(C)=O. The van der Waals surface area contributed by atoms with E-state index in [0.717, 1.165) is 12.8 Å². The molecule has 9 nitrogen and oxygen atoms in total. The zero-order chi connectivity index (χ0) is 27.3. The zero-order valence-corrected chi connectivity index (χ0v) is 23.2. The highest BCUT2D eigenvalue weighted by molar-refractivity contribution is 5.66. The summed E-state index contributed by atoms with van der Waals surface area (Å²) in [5.74, 6) is -0.488. The monoisotopic (exact) mass is 534 g/mol. The van der Waals surface area contributed by atoms with Gasteiger partial charge in [-0.05, 0) is 6.42 Å². The minimum Gasteiger partial charge on any atom is -0.458 e. The maximum Gasteiger partial charge on any atom is 0.303 e. The molecule has 37 heavy (non-hydrogen) atoms. The van der Waals surface area contributed by atoms with Gasteiger partial charge in [-0.15, -0.1) is 0 Å². The highest BCUT2D eigenvalue weighted by Gasteiger charge is 2.44. The van der Waals surface area contributed by atoms with E-state index in [-0.39, 0.29) is 13.2 Å². The second kappa shape index (κ2) is 22.1. The molecule has 0 bridgehead atoms. The summed E-state index contributed by atoms with van der Waals surface area (Å²) >= 11 is 0. The van der Waals surface area contributed by atoms with Crippen molar-refractivity contribution in [2.45, 2.75) is 147 Å². The average molecular weight is 535 g/mol. The van der Waals surface area contributed by atoms with Crippen molar-refractivity contribution in [3.63, 3.8) is 0 Å². The van der Waals surface area contributed by atoms with Gasteiger partial charge in [-0.25, -0.2) is 0 Å². The van der Waals surface area contributed by atoms with Crippen LogP contribution in [0.25, 0.3) is 0 Å². The van der Waals surface area contributed by atoms with Crippen LogP contribution >= 0.6 is 0 Å². The fraction of sp³-hybridized carbons (Fsp3) is 0.964. The Bertz CT molecular complexity index is 546. The molecule has 0 aromatic carbocycles. The molecule has 0 saturated carbocycles. The number of carbonyl (C=O) groups excluding carboxylic acids is 1. The molecular formula is C28H54O9. The van der Waals surface area contributed by atoms with Crippen molar-refractivity contribution in [1.29, 1.82) is 0 Å². The number of carbonyl (C=O) groups is 1. The fourth-order valence-electron chi connectivity index (χ4n) is 4.55. The highest BCUT2D eigenvalue weighted by Crippen LogP contribution is 2.22. The van der Waals surface area contributed by atoms with Gasteiger partial charge in [0.25, 0.3) is 0 Å². The van der Waals surface area contributed by atoms with Gasteiger partial charge in [-0.3, -0.25) is 4.79 Å². The molecule has 0 radical (unpaired) electrons. The van der Waals surface area contributed by atoms with Gasteiger partial charge in [-0.2, -0.15) is 0 Å². The van der Waals surface area contributed by atoms with Gasteiger partial charge in [0.15, 0.2) is 6.29 Å². The van der Waals surface area contributed by atoms with Crippen molar-refractivity contribution in [1.82, 2.24) is 0 Å². The number of esters is 1. The van der Waals surface area contributed by atoms with E-state index in [1.54, 1.807) is 0 Å². The van der Waals surface area contributed by atoms with Crippen molar-refractivity contribution >= 4 is 5.97 Å². The Kier molecular flexibility index (Phi) is 20.4. The van der Waals surface area contributed by atoms with Gasteiger partial charge in [0.2, 0.25) is 0 Å². The Hall–Kier alpha value is -0.810. The molecule has 0 aromatic rings. The molecule has 0 spiro atoms. The number of hydrogen-bond acceptors (Lipinski definition) is 9. The lowest BCUT2D eigenvalue weighted by atomic mass is 9.99. The van der Waals surface area contributed by atoms with E-state index in [2.05, 4.69) is 6.92 Å². The zero-order valence-electron chi connectivity index (χ0n) is 23.2. The van der Waals surface area contributed by atoms with Gasteiger partial charge >= 0.3 is 5.97 Å². The number of ether oxygens (including phenoxy) is 4. The van der Waals surface area contributed by atoms with E-state index < -0.39 is 49.4 Å². The van der Waals surface area contributed by atoms with Crippen molar-refractivity contribution < 1.29 is 44.2 Å². The summed E-state index contributed by atoms with van der Waals surface area (Å²) in [4.78, 5) is 11.4. The summed E-state index contributed by atoms with van der Waals surface area (Å²) in [5.41, 5.74) is 0. The minimum atomic E-state index is -1.52. The molecular weight excluding hydrogens is 480 g/mol. The summed E-state index contributed by atoms with van der Waals surface area (Å²) in [5, 5.41) is 39.1. The Morgan fingerprint density at radius 1 is 0.757 bits per heavy atom. The van der Waals surface area contributed by atoms with Crippen LogP contribution in [-0.4, -0.2) is 89.6 Å². The van der Waals surface area contributed by atoms with Crippen molar-refractivity contribution in [3.8, 4) is 0 Å². The first kappa shape index (κ1) is 34.2. The molecule has 0 aromatic heterocycles. The molecule has 220 valence electrons. The van der Waals surface area contributed by atoms with E-state index in [1.807, 2.05) is 0 Å². The summed E-state index contributed by atoms with van der Waals surface area (Å²) in [6.07, 6.45) is 11.9. The highest BCUT2D eigenvalue weighted by atomic mass is 16.7. The van der Waals surface area contributed by atoms with Gasteiger partial charge in [0.05, 0.1) is 19.8 Å². The third kappa shape index (κ3) is 16.0. The molecule has 6 unspecified atom stereocenters. The summed E-state index contributed by atoms with van der Waals surface area (Å²) in [7, 11) is 0. The molecule has 6 atom stereocenters. The number of aliphatic hydroxyl groups is 4. The Balaban J connectivity index is 2.06. The summed E-state index contributed by atoms with van der Waals surface area (Å²) in [6.45, 7) is 3.57. The van der Waals surface area contributed by atoms with Gasteiger partial charge in [-0.1, -0.05) is 96.8 Å². The van der Waals surface area contributed by atoms with Crippen LogP contribution < -0.4 is 0 Å². The van der Waals surface area contributed by atoms with E-state index in [4.69, 9.17) is 18.9 Å². The van der Waals surface area contributed by atoms with Gasteiger partial charge in [0, 0.05) is 13.5 Å².